The van der Waals surface area contributed by atoms with Crippen LogP contribution in [0.3, 0.4) is 0 Å². The third-order valence-electron chi connectivity index (χ3n) is 3.11. The molecule has 114 valence electrons. The second-order valence-corrected chi connectivity index (χ2v) is 7.40. The van der Waals surface area contributed by atoms with Crippen LogP contribution in [0.2, 0.25) is 5.02 Å². The van der Waals surface area contributed by atoms with E-state index in [-0.39, 0.29) is 5.54 Å². The van der Waals surface area contributed by atoms with Crippen LogP contribution in [0.25, 0.3) is 11.0 Å². The van der Waals surface area contributed by atoms with Gasteiger partial charge < -0.3 is 5.73 Å². The van der Waals surface area contributed by atoms with Gasteiger partial charge in [0, 0.05) is 9.92 Å². The second kappa shape index (κ2) is 5.44. The lowest BCUT2D eigenvalue weighted by molar-refractivity contribution is 0.360. The summed E-state index contributed by atoms with van der Waals surface area (Å²) >= 11 is 7.56. The van der Waals surface area contributed by atoms with Crippen LogP contribution in [0, 0.1) is 0 Å². The molecule has 0 saturated carbocycles. The zero-order valence-electron chi connectivity index (χ0n) is 12.5. The first-order valence-corrected chi connectivity index (χ1v) is 7.99. The molecule has 0 aliphatic rings. The molecule has 3 aromatic rings. The maximum atomic E-state index is 6.05. The molecular weight excluding hydrogens is 318 g/mol. The maximum Gasteiger partial charge on any atom is 0.165 e. The van der Waals surface area contributed by atoms with E-state index in [1.807, 2.05) is 28.9 Å². The van der Waals surface area contributed by atoms with Crippen LogP contribution in [-0.2, 0) is 5.54 Å². The summed E-state index contributed by atoms with van der Waals surface area (Å²) < 4.78 is 1.88. The van der Waals surface area contributed by atoms with Crippen LogP contribution in [0.15, 0.2) is 40.5 Å². The molecule has 0 amide bonds. The van der Waals surface area contributed by atoms with Crippen molar-refractivity contribution < 1.29 is 0 Å². The lowest BCUT2D eigenvalue weighted by atomic mass is 10.1. The van der Waals surface area contributed by atoms with Crippen molar-refractivity contribution in [3.63, 3.8) is 0 Å². The second-order valence-electron chi connectivity index (χ2n) is 5.90. The van der Waals surface area contributed by atoms with Gasteiger partial charge in [-0.2, -0.15) is 5.10 Å². The molecule has 0 saturated heterocycles. The fourth-order valence-electron chi connectivity index (χ4n) is 2.12. The van der Waals surface area contributed by atoms with E-state index < -0.39 is 0 Å². The minimum atomic E-state index is -0.202. The van der Waals surface area contributed by atoms with Crippen LogP contribution in [0.4, 0.5) is 5.82 Å². The number of aromatic nitrogens is 4. The number of nitrogens with two attached hydrogens (primary N) is 1. The topological polar surface area (TPSA) is 69.6 Å². The van der Waals surface area contributed by atoms with E-state index in [1.165, 1.54) is 18.1 Å². The first-order valence-electron chi connectivity index (χ1n) is 6.79. The van der Waals surface area contributed by atoms with E-state index >= 15 is 0 Å². The summed E-state index contributed by atoms with van der Waals surface area (Å²) in [4.78, 5) is 9.45. The van der Waals surface area contributed by atoms with Gasteiger partial charge in [-0.05, 0) is 39.0 Å². The Bertz CT molecular complexity index is 838. The summed E-state index contributed by atoms with van der Waals surface area (Å²) in [6.07, 6.45) is 1.47. The van der Waals surface area contributed by atoms with Crippen molar-refractivity contribution in [1.82, 2.24) is 19.7 Å². The molecule has 3 rings (SSSR count). The molecule has 0 spiro atoms. The van der Waals surface area contributed by atoms with Crippen LogP contribution < -0.4 is 5.73 Å². The molecular formula is C15H16ClN5S. The first kappa shape index (κ1) is 15.1. The molecule has 0 aliphatic carbocycles. The smallest absolute Gasteiger partial charge is 0.165 e. The number of rotatable bonds is 2. The van der Waals surface area contributed by atoms with E-state index in [9.17, 15) is 0 Å². The molecule has 7 heteroatoms. The van der Waals surface area contributed by atoms with Crippen molar-refractivity contribution in [2.45, 2.75) is 36.2 Å². The van der Waals surface area contributed by atoms with Gasteiger partial charge in [0.15, 0.2) is 5.65 Å². The van der Waals surface area contributed by atoms with Gasteiger partial charge in [0.2, 0.25) is 0 Å². The zero-order valence-corrected chi connectivity index (χ0v) is 14.1. The molecule has 22 heavy (non-hydrogen) atoms. The van der Waals surface area contributed by atoms with Crippen molar-refractivity contribution in [1.29, 1.82) is 0 Å². The number of halogens is 1. The fourth-order valence-corrected chi connectivity index (χ4v) is 3.36. The summed E-state index contributed by atoms with van der Waals surface area (Å²) in [6.45, 7) is 6.22. The van der Waals surface area contributed by atoms with Gasteiger partial charge in [-0.3, -0.25) is 0 Å². The summed E-state index contributed by atoms with van der Waals surface area (Å²) in [5.41, 5.74) is 6.59. The van der Waals surface area contributed by atoms with E-state index in [1.54, 1.807) is 0 Å². The average Bonchev–Trinajstić information content (AvgIpc) is 2.79. The standard InChI is InChI=1S/C15H16ClN5S/c1-15(2,3)21-13-11(12(17)18-8-19-13)14(20-21)22-10-6-4-5-9(16)7-10/h4-8H,1-3H3,(H2,17,18,19). The highest BCUT2D eigenvalue weighted by Crippen LogP contribution is 2.36. The molecule has 0 atom stereocenters. The average molecular weight is 334 g/mol. The molecule has 0 unspecified atom stereocenters. The molecule has 0 aliphatic heterocycles. The van der Waals surface area contributed by atoms with Gasteiger partial charge in [0.05, 0.1) is 10.9 Å². The van der Waals surface area contributed by atoms with Crippen LogP contribution in [-0.4, -0.2) is 19.7 Å². The first-order chi connectivity index (χ1) is 10.4. The fraction of sp³-hybridized carbons (Fsp3) is 0.267. The van der Waals surface area contributed by atoms with E-state index in [2.05, 4.69) is 30.7 Å². The summed E-state index contributed by atoms with van der Waals surface area (Å²) in [5, 5.41) is 6.95. The molecule has 2 aromatic heterocycles. The lowest BCUT2D eigenvalue weighted by Crippen LogP contribution is -2.23. The van der Waals surface area contributed by atoms with Crippen molar-refractivity contribution in [2.75, 3.05) is 5.73 Å². The van der Waals surface area contributed by atoms with Gasteiger partial charge >= 0.3 is 0 Å². The largest absolute Gasteiger partial charge is 0.383 e. The number of anilines is 1. The van der Waals surface area contributed by atoms with Crippen molar-refractivity contribution >= 4 is 40.2 Å². The summed E-state index contributed by atoms with van der Waals surface area (Å²) in [7, 11) is 0. The predicted molar refractivity (Wildman–Crippen MR) is 90.3 cm³/mol. The van der Waals surface area contributed by atoms with Crippen LogP contribution >= 0.6 is 23.4 Å². The number of nitrogen functional groups attached to an aromatic ring is 1. The minimum absolute atomic E-state index is 0.202. The number of hydrogen-bond acceptors (Lipinski definition) is 5. The molecule has 2 heterocycles. The monoisotopic (exact) mass is 333 g/mol. The Morgan fingerprint density at radius 1 is 1.23 bits per heavy atom. The molecule has 0 fully saturated rings. The van der Waals surface area contributed by atoms with E-state index in [4.69, 9.17) is 22.4 Å². The van der Waals surface area contributed by atoms with Gasteiger partial charge in [-0.1, -0.05) is 29.4 Å². The Labute approximate surface area is 137 Å². The number of hydrogen-bond donors (Lipinski definition) is 1. The third-order valence-corrected chi connectivity index (χ3v) is 4.31. The van der Waals surface area contributed by atoms with E-state index in [0.717, 1.165) is 21.0 Å². The highest BCUT2D eigenvalue weighted by atomic mass is 35.5. The predicted octanol–water partition coefficient (Wildman–Crippen LogP) is 3.97. The minimum Gasteiger partial charge on any atom is -0.383 e. The Morgan fingerprint density at radius 3 is 2.68 bits per heavy atom. The normalized spacial score (nSPS) is 12.0. The number of nitrogens with zero attached hydrogens (tertiary/aromatic N) is 4. The third kappa shape index (κ3) is 2.76. The van der Waals surface area contributed by atoms with Gasteiger partial charge in [-0.25, -0.2) is 14.6 Å². The molecule has 2 N–H and O–H groups in total. The molecule has 1 aromatic carbocycles. The summed E-state index contributed by atoms with van der Waals surface area (Å²) in [5.74, 6) is 0.435. The summed E-state index contributed by atoms with van der Waals surface area (Å²) in [6, 6.07) is 7.63. The van der Waals surface area contributed by atoms with Crippen LogP contribution in [0.5, 0.6) is 0 Å². The Balaban J connectivity index is 2.17. The number of fused-ring (bicyclic) bond motifs is 1. The van der Waals surface area contributed by atoms with Gasteiger partial charge in [0.25, 0.3) is 0 Å². The highest BCUT2D eigenvalue weighted by molar-refractivity contribution is 7.99. The van der Waals surface area contributed by atoms with Crippen molar-refractivity contribution in [3.8, 4) is 0 Å². The van der Waals surface area contributed by atoms with Gasteiger partial charge in [0.1, 0.15) is 17.2 Å². The highest BCUT2D eigenvalue weighted by Gasteiger charge is 2.23. The van der Waals surface area contributed by atoms with Gasteiger partial charge in [-0.15, -0.1) is 0 Å². The number of benzene rings is 1. The Hall–Kier alpha value is -1.79. The quantitative estimate of drug-likeness (QED) is 0.768. The Kier molecular flexibility index (Phi) is 3.74. The van der Waals surface area contributed by atoms with Crippen LogP contribution in [0.1, 0.15) is 20.8 Å². The van der Waals surface area contributed by atoms with Crippen molar-refractivity contribution in [3.05, 3.63) is 35.6 Å². The maximum absolute atomic E-state index is 6.05. The molecule has 0 radical (unpaired) electrons. The zero-order chi connectivity index (χ0) is 15.9. The SMILES string of the molecule is CC(C)(C)n1nc(Sc2cccc(Cl)c2)c2c(N)ncnc21. The van der Waals surface area contributed by atoms with Crippen molar-refractivity contribution in [2.24, 2.45) is 0 Å². The van der Waals surface area contributed by atoms with E-state index in [0.29, 0.717) is 10.8 Å². The Morgan fingerprint density at radius 2 is 2.00 bits per heavy atom. The molecule has 5 nitrogen and oxygen atoms in total. The molecule has 0 bridgehead atoms. The lowest BCUT2D eigenvalue weighted by Gasteiger charge is -2.19.